The topological polar surface area (TPSA) is 107 Å². The Labute approximate surface area is 197 Å². The Morgan fingerprint density at radius 3 is 2.00 bits per heavy atom. The van der Waals surface area contributed by atoms with Gasteiger partial charge in [-0.15, -0.1) is 0 Å². The zero-order chi connectivity index (χ0) is 26.8. The van der Waals surface area contributed by atoms with Crippen molar-refractivity contribution in [1.29, 1.82) is 5.26 Å². The van der Waals surface area contributed by atoms with E-state index in [0.717, 1.165) is 12.1 Å². The van der Waals surface area contributed by atoms with Gasteiger partial charge in [-0.05, 0) is 41.8 Å². The van der Waals surface area contributed by atoms with E-state index >= 15 is 0 Å². The fourth-order valence-electron chi connectivity index (χ4n) is 3.29. The van der Waals surface area contributed by atoms with Gasteiger partial charge in [0.25, 0.3) is 5.91 Å². The van der Waals surface area contributed by atoms with Crippen LogP contribution >= 0.6 is 0 Å². The molecule has 2 rings (SSSR count). The maximum atomic E-state index is 13.2. The zero-order valence-electron chi connectivity index (χ0n) is 18.3. The molecule has 190 valence electrons. The molecule has 0 aliphatic heterocycles. The van der Waals surface area contributed by atoms with Crippen molar-refractivity contribution < 1.29 is 44.7 Å². The van der Waals surface area contributed by atoms with Crippen molar-refractivity contribution in [2.24, 2.45) is 5.92 Å². The number of nitrogens with zero attached hydrogens (tertiary/aromatic N) is 1. The number of carbonyl (C=O) groups is 1. The van der Waals surface area contributed by atoms with E-state index in [4.69, 9.17) is 5.26 Å². The highest BCUT2D eigenvalue weighted by atomic mass is 32.2. The molecule has 0 aromatic heterocycles. The summed E-state index contributed by atoms with van der Waals surface area (Å²) in [6.45, 7) is 3.09. The normalized spacial score (nSPS) is 14.3. The van der Waals surface area contributed by atoms with Gasteiger partial charge in [0.05, 0.1) is 34.3 Å². The Bertz CT molecular complexity index is 1230. The van der Waals surface area contributed by atoms with Crippen LogP contribution in [0.25, 0.3) is 0 Å². The summed E-state index contributed by atoms with van der Waals surface area (Å²) in [7, 11) is -4.16. The van der Waals surface area contributed by atoms with Gasteiger partial charge in [-0.25, -0.2) is 8.42 Å². The number of hydrogen-bond acceptors (Lipinski definition) is 5. The van der Waals surface area contributed by atoms with E-state index < -0.39 is 79.1 Å². The maximum Gasteiger partial charge on any atom is 0.417 e. The molecule has 0 fully saturated rings. The number of aliphatic hydroxyl groups is 1. The third-order valence-corrected chi connectivity index (χ3v) is 6.82. The summed E-state index contributed by atoms with van der Waals surface area (Å²) in [5, 5.41) is 22.0. The molecule has 6 nitrogen and oxygen atoms in total. The second-order valence-corrected chi connectivity index (χ2v) is 10.3. The van der Waals surface area contributed by atoms with Crippen LogP contribution in [0, 0.1) is 17.2 Å². The fourth-order valence-corrected chi connectivity index (χ4v) is 5.36. The standard InChI is InChI=1S/C22H20F6N2O4S/c1-13(2)11-35(33,34)12-20(32,15-4-6-16(7-5-15)21(23,24)25)19(31)30-17-8-3-14(10-29)18(9-17)22(26,27)28/h3-9,13,32H,11-12H2,1-2H3,(H,30,31). The largest absolute Gasteiger partial charge is 0.417 e. The molecule has 1 amide bonds. The van der Waals surface area contributed by atoms with Gasteiger partial charge in [-0.1, -0.05) is 26.0 Å². The van der Waals surface area contributed by atoms with Gasteiger partial charge in [0.15, 0.2) is 15.4 Å². The molecule has 2 aromatic carbocycles. The van der Waals surface area contributed by atoms with Gasteiger partial charge < -0.3 is 10.4 Å². The molecule has 0 aliphatic carbocycles. The number of sulfone groups is 1. The highest BCUT2D eigenvalue weighted by Crippen LogP contribution is 2.35. The minimum atomic E-state index is -4.96. The fraction of sp³-hybridized carbons (Fsp3) is 0.364. The second-order valence-electron chi connectivity index (χ2n) is 8.21. The third kappa shape index (κ3) is 6.95. The lowest BCUT2D eigenvalue weighted by molar-refractivity contribution is -0.138. The predicted octanol–water partition coefficient (Wildman–Crippen LogP) is 4.49. The van der Waals surface area contributed by atoms with Crippen LogP contribution < -0.4 is 5.32 Å². The summed E-state index contributed by atoms with van der Waals surface area (Å²) in [5.41, 5.74) is -7.23. The molecule has 1 atom stereocenters. The van der Waals surface area contributed by atoms with Crippen LogP contribution in [-0.2, 0) is 32.6 Å². The van der Waals surface area contributed by atoms with Crippen LogP contribution in [0.1, 0.15) is 36.1 Å². The van der Waals surface area contributed by atoms with Crippen molar-refractivity contribution in [3.63, 3.8) is 0 Å². The lowest BCUT2D eigenvalue weighted by atomic mass is 9.93. The molecule has 0 saturated heterocycles. The van der Waals surface area contributed by atoms with Crippen molar-refractivity contribution in [3.8, 4) is 6.07 Å². The summed E-state index contributed by atoms with van der Waals surface area (Å²) in [5.74, 6) is -3.62. The number of nitriles is 1. The molecule has 35 heavy (non-hydrogen) atoms. The van der Waals surface area contributed by atoms with Crippen molar-refractivity contribution in [2.45, 2.75) is 31.8 Å². The first-order valence-corrected chi connectivity index (χ1v) is 11.7. The number of rotatable bonds is 7. The Morgan fingerprint density at radius 1 is 1.00 bits per heavy atom. The first kappa shape index (κ1) is 28.1. The molecule has 0 heterocycles. The van der Waals surface area contributed by atoms with Crippen molar-refractivity contribution in [3.05, 3.63) is 64.7 Å². The summed E-state index contributed by atoms with van der Waals surface area (Å²) < 4.78 is 104. The molecule has 0 aliphatic rings. The Balaban J connectivity index is 2.55. The van der Waals surface area contributed by atoms with Gasteiger partial charge >= 0.3 is 12.4 Å². The number of benzene rings is 2. The predicted molar refractivity (Wildman–Crippen MR) is 114 cm³/mol. The van der Waals surface area contributed by atoms with Crippen LogP contribution in [0.3, 0.4) is 0 Å². The number of carbonyl (C=O) groups excluding carboxylic acids is 1. The van der Waals surface area contributed by atoms with Crippen molar-refractivity contribution in [1.82, 2.24) is 0 Å². The number of alkyl halides is 6. The number of amides is 1. The van der Waals surface area contributed by atoms with E-state index in [0.29, 0.717) is 30.3 Å². The molecule has 0 bridgehead atoms. The van der Waals surface area contributed by atoms with Crippen LogP contribution in [0.2, 0.25) is 0 Å². The van der Waals surface area contributed by atoms with E-state index in [1.807, 2.05) is 5.32 Å². The van der Waals surface area contributed by atoms with Crippen LogP contribution in [0.15, 0.2) is 42.5 Å². The van der Waals surface area contributed by atoms with Crippen molar-refractivity contribution >= 4 is 21.4 Å². The average Bonchev–Trinajstić information content (AvgIpc) is 2.71. The molecule has 0 saturated carbocycles. The lowest BCUT2D eigenvalue weighted by Crippen LogP contribution is -2.46. The smallest absolute Gasteiger partial charge is 0.374 e. The van der Waals surface area contributed by atoms with E-state index in [9.17, 15) is 44.7 Å². The van der Waals surface area contributed by atoms with E-state index in [1.165, 1.54) is 6.07 Å². The Kier molecular flexibility index (Phi) is 7.93. The minimum absolute atomic E-state index is 0.423. The Morgan fingerprint density at radius 2 is 1.54 bits per heavy atom. The average molecular weight is 522 g/mol. The minimum Gasteiger partial charge on any atom is -0.374 e. The van der Waals surface area contributed by atoms with Crippen LogP contribution in [0.4, 0.5) is 32.0 Å². The second kappa shape index (κ2) is 9.87. The molecule has 13 heteroatoms. The van der Waals surface area contributed by atoms with E-state index in [1.54, 1.807) is 13.8 Å². The lowest BCUT2D eigenvalue weighted by Gasteiger charge is -2.28. The highest BCUT2D eigenvalue weighted by Gasteiger charge is 2.43. The SMILES string of the molecule is CC(C)CS(=O)(=O)CC(O)(C(=O)Nc1ccc(C#N)c(C(F)(F)F)c1)c1ccc(C(F)(F)F)cc1. The summed E-state index contributed by atoms with van der Waals surface area (Å²) in [6.07, 6.45) is -9.71. The number of hydrogen-bond donors (Lipinski definition) is 2. The van der Waals surface area contributed by atoms with Crippen LogP contribution in [-0.4, -0.2) is 30.9 Å². The zero-order valence-corrected chi connectivity index (χ0v) is 19.1. The van der Waals surface area contributed by atoms with E-state index in [2.05, 4.69) is 0 Å². The maximum absolute atomic E-state index is 13.2. The van der Waals surface area contributed by atoms with Gasteiger partial charge in [0.2, 0.25) is 0 Å². The van der Waals surface area contributed by atoms with Gasteiger partial charge in [0, 0.05) is 5.69 Å². The van der Waals surface area contributed by atoms with E-state index in [-0.39, 0.29) is 0 Å². The molecule has 2 N–H and O–H groups in total. The first-order valence-electron chi connectivity index (χ1n) is 9.92. The van der Waals surface area contributed by atoms with Gasteiger partial charge in [0.1, 0.15) is 0 Å². The summed E-state index contributed by atoms with van der Waals surface area (Å²) >= 11 is 0. The number of halogens is 6. The quantitative estimate of drug-likeness (QED) is 0.521. The molecular formula is C22H20F6N2O4S. The summed E-state index contributed by atoms with van der Waals surface area (Å²) in [4.78, 5) is 13.0. The highest BCUT2D eigenvalue weighted by molar-refractivity contribution is 7.91. The van der Waals surface area contributed by atoms with Crippen molar-refractivity contribution in [2.75, 3.05) is 16.8 Å². The Hall–Kier alpha value is -3.11. The van der Waals surface area contributed by atoms with Crippen LogP contribution in [0.5, 0.6) is 0 Å². The summed E-state index contributed by atoms with van der Waals surface area (Å²) in [6, 6.07) is 5.97. The molecule has 0 spiro atoms. The molecule has 0 radical (unpaired) electrons. The third-order valence-electron chi connectivity index (χ3n) is 4.78. The molecule has 2 aromatic rings. The number of anilines is 1. The first-order chi connectivity index (χ1) is 15.9. The monoisotopic (exact) mass is 522 g/mol. The van der Waals surface area contributed by atoms with Gasteiger partial charge in [-0.3, -0.25) is 4.79 Å². The molecule has 1 unspecified atom stereocenters. The number of nitrogens with one attached hydrogen (secondary N) is 1. The van der Waals surface area contributed by atoms with Gasteiger partial charge in [-0.2, -0.15) is 31.6 Å². The molecular weight excluding hydrogens is 502 g/mol.